The molecule has 0 amide bonds. The topological polar surface area (TPSA) is 38.9 Å². The van der Waals surface area contributed by atoms with Gasteiger partial charge in [-0.15, -0.1) is 0 Å². The zero-order valence-electron chi connectivity index (χ0n) is 16.7. The summed E-state index contributed by atoms with van der Waals surface area (Å²) in [6, 6.07) is 23.4. The Kier molecular flexibility index (Phi) is 3.15. The first-order valence-corrected chi connectivity index (χ1v) is 9.95. The Morgan fingerprint density at radius 3 is 2.45 bits per heavy atom. The molecule has 0 spiro atoms. The largest absolute Gasteiger partial charge is 0.452 e. The highest BCUT2D eigenvalue weighted by Crippen LogP contribution is 2.49. The van der Waals surface area contributed by atoms with Gasteiger partial charge in [0.15, 0.2) is 5.58 Å². The van der Waals surface area contributed by atoms with Crippen molar-refractivity contribution in [3.05, 3.63) is 83.7 Å². The van der Waals surface area contributed by atoms with E-state index in [1.165, 1.54) is 22.3 Å². The van der Waals surface area contributed by atoms with Crippen molar-refractivity contribution in [1.82, 2.24) is 9.97 Å². The number of aromatic nitrogens is 2. The molecule has 6 rings (SSSR count). The fraction of sp³-hybridized carbons (Fsp3) is 0.154. The smallest absolute Gasteiger partial charge is 0.180 e. The van der Waals surface area contributed by atoms with Gasteiger partial charge in [0.25, 0.3) is 0 Å². The average molecular weight is 376 g/mol. The lowest BCUT2D eigenvalue weighted by Gasteiger charge is -2.21. The van der Waals surface area contributed by atoms with Crippen molar-refractivity contribution in [2.24, 2.45) is 0 Å². The van der Waals surface area contributed by atoms with Crippen LogP contribution in [0.15, 0.2) is 71.1 Å². The molecule has 3 heteroatoms. The van der Waals surface area contributed by atoms with Gasteiger partial charge in [-0.3, -0.25) is 0 Å². The maximum atomic E-state index is 6.20. The van der Waals surface area contributed by atoms with Crippen LogP contribution in [0.1, 0.15) is 30.8 Å². The van der Waals surface area contributed by atoms with Crippen LogP contribution in [0.4, 0.5) is 0 Å². The van der Waals surface area contributed by atoms with Gasteiger partial charge in [0.2, 0.25) is 0 Å². The van der Waals surface area contributed by atoms with Crippen molar-refractivity contribution in [2.75, 3.05) is 0 Å². The summed E-state index contributed by atoms with van der Waals surface area (Å²) in [5, 5.41) is 1.03. The highest BCUT2D eigenvalue weighted by atomic mass is 16.3. The number of nitrogens with zero attached hydrogens (tertiary/aromatic N) is 2. The Labute approximate surface area is 169 Å². The van der Waals surface area contributed by atoms with Crippen LogP contribution in [0.5, 0.6) is 0 Å². The number of fused-ring (bicyclic) bond motifs is 6. The van der Waals surface area contributed by atoms with Gasteiger partial charge in [-0.25, -0.2) is 9.97 Å². The maximum absolute atomic E-state index is 6.20. The van der Waals surface area contributed by atoms with Gasteiger partial charge < -0.3 is 4.42 Å². The standard InChI is InChI=1S/C26H20N2O/c1-15-27-23(25-24(28-15)18-9-5-7-11-22(18)29-25)16-12-13-21-19(14-16)17-8-4-6-10-20(17)26(21,2)3/h4-14H,1-3H3. The van der Waals surface area contributed by atoms with Gasteiger partial charge in [-0.2, -0.15) is 0 Å². The van der Waals surface area contributed by atoms with Crippen molar-refractivity contribution in [3.63, 3.8) is 0 Å². The van der Waals surface area contributed by atoms with Crippen LogP contribution >= 0.6 is 0 Å². The third-order valence-electron chi connectivity index (χ3n) is 6.19. The summed E-state index contributed by atoms with van der Waals surface area (Å²) in [5.41, 5.74) is 9.71. The van der Waals surface area contributed by atoms with E-state index in [-0.39, 0.29) is 5.41 Å². The van der Waals surface area contributed by atoms with Crippen molar-refractivity contribution in [2.45, 2.75) is 26.2 Å². The zero-order chi connectivity index (χ0) is 19.8. The fourth-order valence-electron chi connectivity index (χ4n) is 4.77. The molecule has 2 aromatic heterocycles. The summed E-state index contributed by atoms with van der Waals surface area (Å²) >= 11 is 0. The molecule has 0 atom stereocenters. The van der Waals surface area contributed by atoms with Gasteiger partial charge in [0.1, 0.15) is 22.6 Å². The maximum Gasteiger partial charge on any atom is 0.180 e. The molecule has 0 aliphatic heterocycles. The molecule has 2 heterocycles. The molecule has 0 N–H and O–H groups in total. The predicted molar refractivity (Wildman–Crippen MR) is 117 cm³/mol. The van der Waals surface area contributed by atoms with Crippen LogP contribution in [-0.2, 0) is 5.41 Å². The van der Waals surface area contributed by atoms with Crippen molar-refractivity contribution in [1.29, 1.82) is 0 Å². The molecule has 0 radical (unpaired) electrons. The van der Waals surface area contributed by atoms with E-state index in [0.29, 0.717) is 0 Å². The number of hydrogen-bond donors (Lipinski definition) is 0. The molecule has 0 bridgehead atoms. The second-order valence-corrected chi connectivity index (χ2v) is 8.33. The lowest BCUT2D eigenvalue weighted by Crippen LogP contribution is -2.14. The summed E-state index contributed by atoms with van der Waals surface area (Å²) in [4.78, 5) is 9.46. The minimum atomic E-state index is 0.000723. The van der Waals surface area contributed by atoms with Crippen LogP contribution < -0.4 is 0 Å². The molecule has 29 heavy (non-hydrogen) atoms. The predicted octanol–water partition coefficient (Wildman–Crippen LogP) is 6.66. The number of rotatable bonds is 1. The number of benzene rings is 3. The molecule has 0 saturated carbocycles. The van der Waals surface area contributed by atoms with Crippen LogP contribution in [0.2, 0.25) is 0 Å². The second-order valence-electron chi connectivity index (χ2n) is 8.33. The highest BCUT2D eigenvalue weighted by Gasteiger charge is 2.35. The van der Waals surface area contributed by atoms with Crippen molar-refractivity contribution >= 4 is 22.1 Å². The fourth-order valence-corrected chi connectivity index (χ4v) is 4.77. The van der Waals surface area contributed by atoms with E-state index in [0.717, 1.165) is 39.2 Å². The van der Waals surface area contributed by atoms with E-state index in [1.54, 1.807) is 0 Å². The van der Waals surface area contributed by atoms with E-state index in [1.807, 2.05) is 25.1 Å². The Morgan fingerprint density at radius 1 is 0.793 bits per heavy atom. The summed E-state index contributed by atoms with van der Waals surface area (Å²) in [6.07, 6.45) is 0. The highest BCUT2D eigenvalue weighted by molar-refractivity contribution is 6.06. The molecule has 0 unspecified atom stereocenters. The molecular formula is C26H20N2O. The van der Waals surface area contributed by atoms with Gasteiger partial charge >= 0.3 is 0 Å². The van der Waals surface area contributed by atoms with E-state index >= 15 is 0 Å². The van der Waals surface area contributed by atoms with E-state index < -0.39 is 0 Å². The lowest BCUT2D eigenvalue weighted by atomic mass is 9.82. The lowest BCUT2D eigenvalue weighted by molar-refractivity contribution is 0.660. The Bertz CT molecular complexity index is 1440. The Balaban J connectivity index is 1.65. The summed E-state index contributed by atoms with van der Waals surface area (Å²) in [6.45, 7) is 6.53. The number of aryl methyl sites for hydroxylation is 1. The molecule has 0 saturated heterocycles. The zero-order valence-corrected chi connectivity index (χ0v) is 16.7. The first-order chi connectivity index (χ1) is 14.0. The molecule has 1 aliphatic rings. The average Bonchev–Trinajstić information content (AvgIpc) is 3.21. The first-order valence-electron chi connectivity index (χ1n) is 9.95. The van der Waals surface area contributed by atoms with E-state index in [4.69, 9.17) is 9.40 Å². The number of furan rings is 1. The Morgan fingerprint density at radius 2 is 1.55 bits per heavy atom. The van der Waals surface area contributed by atoms with Gasteiger partial charge in [-0.05, 0) is 47.4 Å². The molecule has 3 nitrogen and oxygen atoms in total. The molecule has 140 valence electrons. The first kappa shape index (κ1) is 16.5. The quantitative estimate of drug-likeness (QED) is 0.328. The third kappa shape index (κ3) is 2.18. The van der Waals surface area contributed by atoms with Crippen LogP contribution in [0.3, 0.4) is 0 Å². The number of para-hydroxylation sites is 1. The van der Waals surface area contributed by atoms with Crippen LogP contribution in [0, 0.1) is 6.92 Å². The number of hydrogen-bond acceptors (Lipinski definition) is 3. The molecule has 5 aromatic rings. The minimum Gasteiger partial charge on any atom is -0.452 e. The van der Waals surface area contributed by atoms with Gasteiger partial charge in [0, 0.05) is 16.4 Å². The molecule has 0 fully saturated rings. The van der Waals surface area contributed by atoms with Crippen LogP contribution in [0.25, 0.3) is 44.5 Å². The summed E-state index contributed by atoms with van der Waals surface area (Å²) in [5.74, 6) is 0.750. The minimum absolute atomic E-state index is 0.000723. The Hall–Kier alpha value is -3.46. The van der Waals surface area contributed by atoms with E-state index in [9.17, 15) is 0 Å². The second kappa shape index (κ2) is 5.54. The normalized spacial score (nSPS) is 14.3. The van der Waals surface area contributed by atoms with Gasteiger partial charge in [-0.1, -0.05) is 62.4 Å². The third-order valence-corrected chi connectivity index (χ3v) is 6.19. The van der Waals surface area contributed by atoms with Crippen molar-refractivity contribution in [3.8, 4) is 22.4 Å². The monoisotopic (exact) mass is 376 g/mol. The molecule has 1 aliphatic carbocycles. The molecule has 3 aromatic carbocycles. The van der Waals surface area contributed by atoms with Gasteiger partial charge in [0.05, 0.1) is 0 Å². The van der Waals surface area contributed by atoms with Crippen molar-refractivity contribution < 1.29 is 4.42 Å². The summed E-state index contributed by atoms with van der Waals surface area (Å²) in [7, 11) is 0. The summed E-state index contributed by atoms with van der Waals surface area (Å²) < 4.78 is 6.20. The van der Waals surface area contributed by atoms with E-state index in [2.05, 4.69) is 67.4 Å². The van der Waals surface area contributed by atoms with Crippen LogP contribution in [-0.4, -0.2) is 9.97 Å². The molecular weight excluding hydrogens is 356 g/mol. The SMILES string of the molecule is Cc1nc(-c2ccc3c(c2)-c2ccccc2C3(C)C)c2oc3ccccc3c2n1.